The second kappa shape index (κ2) is 4.14. The Bertz CT molecular complexity index is 508. The van der Waals surface area contributed by atoms with E-state index in [-0.39, 0.29) is 11.7 Å². The summed E-state index contributed by atoms with van der Waals surface area (Å²) >= 11 is 0. The Morgan fingerprint density at radius 3 is 2.88 bits per heavy atom. The number of H-pyrrole nitrogens is 1. The number of benzene rings is 1. The molecule has 1 aromatic heterocycles. The van der Waals surface area contributed by atoms with Crippen molar-refractivity contribution < 1.29 is 9.18 Å². The Morgan fingerprint density at radius 2 is 2.25 bits per heavy atom. The van der Waals surface area contributed by atoms with Gasteiger partial charge in [0.2, 0.25) is 0 Å². The summed E-state index contributed by atoms with van der Waals surface area (Å²) in [6, 6.07) is 5.75. The number of anilines is 1. The van der Waals surface area contributed by atoms with Crippen molar-refractivity contribution in [3.8, 4) is 0 Å². The molecule has 2 aromatic rings. The van der Waals surface area contributed by atoms with E-state index in [4.69, 9.17) is 0 Å². The van der Waals surface area contributed by atoms with Crippen molar-refractivity contribution in [3.05, 3.63) is 47.5 Å². The van der Waals surface area contributed by atoms with Crippen LogP contribution in [0.25, 0.3) is 0 Å². The fourth-order valence-corrected chi connectivity index (χ4v) is 1.34. The minimum Gasteiger partial charge on any atom is -0.320 e. The van der Waals surface area contributed by atoms with Gasteiger partial charge < -0.3 is 5.32 Å². The van der Waals surface area contributed by atoms with Gasteiger partial charge in [0.05, 0.1) is 0 Å². The second-order valence-corrected chi connectivity index (χ2v) is 3.37. The molecule has 2 N–H and O–H groups in total. The first-order chi connectivity index (χ1) is 7.66. The summed E-state index contributed by atoms with van der Waals surface area (Å²) in [6.07, 6.45) is 1.56. The van der Waals surface area contributed by atoms with Crippen molar-refractivity contribution in [2.75, 3.05) is 5.32 Å². The number of hydrogen-bond acceptors (Lipinski definition) is 2. The molecule has 16 heavy (non-hydrogen) atoms. The van der Waals surface area contributed by atoms with Crippen molar-refractivity contribution in [2.24, 2.45) is 0 Å². The molecule has 82 valence electrons. The topological polar surface area (TPSA) is 57.8 Å². The van der Waals surface area contributed by atoms with Crippen LogP contribution in [-0.2, 0) is 0 Å². The summed E-state index contributed by atoms with van der Waals surface area (Å²) in [6.45, 7) is 1.73. The largest absolute Gasteiger partial charge is 0.320 e. The number of rotatable bonds is 2. The van der Waals surface area contributed by atoms with E-state index in [9.17, 15) is 9.18 Å². The first-order valence-electron chi connectivity index (χ1n) is 4.74. The van der Waals surface area contributed by atoms with Gasteiger partial charge in [0, 0.05) is 11.9 Å². The van der Waals surface area contributed by atoms with E-state index in [1.807, 2.05) is 0 Å². The predicted octanol–water partition coefficient (Wildman–Crippen LogP) is 2.11. The standard InChI is InChI=1S/C11H10FN3O/c1-7-6-8(12)2-3-9(7)14-11(16)10-4-5-13-15-10/h2-6H,1H3,(H,13,15)(H,14,16). The first-order valence-corrected chi connectivity index (χ1v) is 4.74. The summed E-state index contributed by atoms with van der Waals surface area (Å²) in [5.41, 5.74) is 1.54. The van der Waals surface area contributed by atoms with Crippen LogP contribution in [0.1, 0.15) is 16.1 Å². The normalized spacial score (nSPS) is 10.1. The molecule has 0 aliphatic heterocycles. The third-order valence-electron chi connectivity index (χ3n) is 2.17. The zero-order valence-corrected chi connectivity index (χ0v) is 8.62. The summed E-state index contributed by atoms with van der Waals surface area (Å²) in [4.78, 5) is 11.6. The summed E-state index contributed by atoms with van der Waals surface area (Å²) in [5, 5.41) is 8.95. The van der Waals surface area contributed by atoms with Crippen molar-refractivity contribution in [1.29, 1.82) is 0 Å². The molecule has 0 bridgehead atoms. The summed E-state index contributed by atoms with van der Waals surface area (Å²) in [7, 11) is 0. The molecule has 0 saturated heterocycles. The Balaban J connectivity index is 2.18. The van der Waals surface area contributed by atoms with E-state index in [0.29, 0.717) is 16.9 Å². The molecule has 0 radical (unpaired) electrons. The number of carbonyl (C=O) groups excluding carboxylic acids is 1. The Morgan fingerprint density at radius 1 is 1.44 bits per heavy atom. The minimum atomic E-state index is -0.324. The number of amides is 1. The molecule has 0 unspecified atom stereocenters. The number of carbonyl (C=O) groups is 1. The van der Waals surface area contributed by atoms with Crippen LogP contribution < -0.4 is 5.32 Å². The number of halogens is 1. The van der Waals surface area contributed by atoms with E-state index >= 15 is 0 Å². The predicted molar refractivity (Wildman–Crippen MR) is 57.7 cm³/mol. The van der Waals surface area contributed by atoms with Gasteiger partial charge in [0.1, 0.15) is 11.5 Å². The van der Waals surface area contributed by atoms with Crippen molar-refractivity contribution in [1.82, 2.24) is 10.2 Å². The van der Waals surface area contributed by atoms with Crippen LogP contribution in [0.4, 0.5) is 10.1 Å². The zero-order chi connectivity index (χ0) is 11.5. The molecular formula is C11H10FN3O. The highest BCUT2D eigenvalue weighted by Gasteiger charge is 2.09. The number of nitrogens with zero attached hydrogens (tertiary/aromatic N) is 1. The Labute approximate surface area is 91.5 Å². The molecule has 1 amide bonds. The van der Waals surface area contributed by atoms with Crippen LogP contribution in [0.2, 0.25) is 0 Å². The molecule has 0 spiro atoms. The Kier molecular flexibility index (Phi) is 2.68. The summed E-state index contributed by atoms with van der Waals surface area (Å²) < 4.78 is 12.8. The Hall–Kier alpha value is -2.17. The van der Waals surface area contributed by atoms with Gasteiger partial charge in [-0.15, -0.1) is 0 Å². The third-order valence-corrected chi connectivity index (χ3v) is 2.17. The molecule has 0 atom stereocenters. The second-order valence-electron chi connectivity index (χ2n) is 3.37. The van der Waals surface area contributed by atoms with Crippen LogP contribution >= 0.6 is 0 Å². The fraction of sp³-hybridized carbons (Fsp3) is 0.0909. The number of hydrogen-bond donors (Lipinski definition) is 2. The highest BCUT2D eigenvalue weighted by molar-refractivity contribution is 6.03. The van der Waals surface area contributed by atoms with E-state index < -0.39 is 0 Å². The SMILES string of the molecule is Cc1cc(F)ccc1NC(=O)c1cc[nH]n1. The van der Waals surface area contributed by atoms with Crippen LogP contribution in [-0.4, -0.2) is 16.1 Å². The van der Waals surface area contributed by atoms with Crippen LogP contribution in [0.15, 0.2) is 30.5 Å². The van der Waals surface area contributed by atoms with Crippen LogP contribution in [0.3, 0.4) is 0 Å². The maximum Gasteiger partial charge on any atom is 0.276 e. The van der Waals surface area contributed by atoms with Gasteiger partial charge in [-0.25, -0.2) is 4.39 Å². The van der Waals surface area contributed by atoms with Gasteiger partial charge >= 0.3 is 0 Å². The van der Waals surface area contributed by atoms with Gasteiger partial charge in [-0.2, -0.15) is 5.10 Å². The molecule has 0 saturated carbocycles. The van der Waals surface area contributed by atoms with Crippen molar-refractivity contribution in [3.63, 3.8) is 0 Å². The lowest BCUT2D eigenvalue weighted by molar-refractivity contribution is 0.102. The molecule has 0 aliphatic rings. The zero-order valence-electron chi connectivity index (χ0n) is 8.62. The maximum atomic E-state index is 12.8. The van der Waals surface area contributed by atoms with Crippen LogP contribution in [0.5, 0.6) is 0 Å². The molecule has 1 aromatic carbocycles. The lowest BCUT2D eigenvalue weighted by Crippen LogP contribution is -2.13. The van der Waals surface area contributed by atoms with E-state index in [2.05, 4.69) is 15.5 Å². The highest BCUT2D eigenvalue weighted by atomic mass is 19.1. The molecule has 2 rings (SSSR count). The number of aryl methyl sites for hydroxylation is 1. The number of nitrogens with one attached hydrogen (secondary N) is 2. The average Bonchev–Trinajstić information content (AvgIpc) is 2.75. The monoisotopic (exact) mass is 219 g/mol. The number of aromatic nitrogens is 2. The molecular weight excluding hydrogens is 209 g/mol. The fourth-order valence-electron chi connectivity index (χ4n) is 1.34. The van der Waals surface area contributed by atoms with Gasteiger partial charge in [-0.05, 0) is 36.8 Å². The summed E-state index contributed by atoms with van der Waals surface area (Å²) in [5.74, 6) is -0.647. The molecule has 1 heterocycles. The number of aromatic amines is 1. The van der Waals surface area contributed by atoms with Gasteiger partial charge in [-0.1, -0.05) is 0 Å². The van der Waals surface area contributed by atoms with Crippen LogP contribution in [0, 0.1) is 12.7 Å². The quantitative estimate of drug-likeness (QED) is 0.812. The smallest absolute Gasteiger partial charge is 0.276 e. The maximum absolute atomic E-state index is 12.8. The van der Waals surface area contributed by atoms with Crippen molar-refractivity contribution in [2.45, 2.75) is 6.92 Å². The molecule has 0 aliphatic carbocycles. The highest BCUT2D eigenvalue weighted by Crippen LogP contribution is 2.16. The molecule has 4 nitrogen and oxygen atoms in total. The molecule has 5 heteroatoms. The molecule has 0 fully saturated rings. The van der Waals surface area contributed by atoms with Crippen molar-refractivity contribution >= 4 is 11.6 Å². The van der Waals surface area contributed by atoms with Gasteiger partial charge in [0.15, 0.2) is 0 Å². The first kappa shape index (κ1) is 10.4. The third kappa shape index (κ3) is 2.08. The van der Waals surface area contributed by atoms with E-state index in [1.165, 1.54) is 18.2 Å². The van der Waals surface area contributed by atoms with E-state index in [1.54, 1.807) is 19.2 Å². The van der Waals surface area contributed by atoms with E-state index in [0.717, 1.165) is 0 Å². The van der Waals surface area contributed by atoms with Gasteiger partial charge in [0.25, 0.3) is 5.91 Å². The minimum absolute atomic E-state index is 0.295. The lowest BCUT2D eigenvalue weighted by atomic mass is 10.2. The average molecular weight is 219 g/mol. The lowest BCUT2D eigenvalue weighted by Gasteiger charge is -2.06. The van der Waals surface area contributed by atoms with Gasteiger partial charge in [-0.3, -0.25) is 9.89 Å².